The first-order valence-electron chi connectivity index (χ1n) is 6.23. The average molecular weight is 231 g/mol. The molecule has 2 nitrogen and oxygen atoms in total. The summed E-state index contributed by atoms with van der Waals surface area (Å²) >= 11 is 2.13. The highest BCUT2D eigenvalue weighted by Gasteiger charge is 2.17. The molecule has 0 aromatic rings. The Kier molecular flexibility index (Phi) is 7.49. The van der Waals surface area contributed by atoms with Gasteiger partial charge in [0, 0.05) is 23.7 Å². The summed E-state index contributed by atoms with van der Waals surface area (Å²) in [5, 5.41) is 4.26. The first-order valence-corrected chi connectivity index (χ1v) is 7.28. The molecule has 1 N–H and O–H groups in total. The number of nitrogens with one attached hydrogen (secondary N) is 1. The van der Waals surface area contributed by atoms with E-state index in [9.17, 15) is 0 Å². The molecule has 0 saturated heterocycles. The fourth-order valence-corrected chi connectivity index (χ4v) is 3.33. The zero-order valence-electron chi connectivity index (χ0n) is 10.1. The molecule has 1 rings (SSSR count). The zero-order valence-corrected chi connectivity index (χ0v) is 10.9. The van der Waals surface area contributed by atoms with Crippen LogP contribution in [0.3, 0.4) is 0 Å². The summed E-state index contributed by atoms with van der Waals surface area (Å²) in [6, 6.07) is 0.530. The molecule has 0 spiro atoms. The van der Waals surface area contributed by atoms with Crippen LogP contribution >= 0.6 is 11.8 Å². The lowest BCUT2D eigenvalue weighted by Crippen LogP contribution is -2.33. The van der Waals surface area contributed by atoms with Gasteiger partial charge in [-0.05, 0) is 26.3 Å². The second-order valence-corrected chi connectivity index (χ2v) is 5.63. The molecule has 3 heteroatoms. The summed E-state index contributed by atoms with van der Waals surface area (Å²) in [5.41, 5.74) is 0. The highest BCUT2D eigenvalue weighted by atomic mass is 32.2. The topological polar surface area (TPSA) is 21.3 Å². The van der Waals surface area contributed by atoms with Gasteiger partial charge in [0.05, 0.1) is 6.61 Å². The van der Waals surface area contributed by atoms with Crippen molar-refractivity contribution in [1.29, 1.82) is 0 Å². The van der Waals surface area contributed by atoms with Crippen LogP contribution < -0.4 is 5.32 Å². The monoisotopic (exact) mass is 231 g/mol. The number of hydrogen-bond acceptors (Lipinski definition) is 3. The molecule has 1 fully saturated rings. The highest BCUT2D eigenvalue weighted by Crippen LogP contribution is 2.29. The minimum atomic E-state index is 0.530. The predicted octanol–water partition coefficient (Wildman–Crippen LogP) is 2.68. The molecule has 90 valence electrons. The Hall–Kier alpha value is 0.270. The van der Waals surface area contributed by atoms with Gasteiger partial charge in [-0.1, -0.05) is 19.8 Å². The normalized spacial score (nSPS) is 19.6. The van der Waals surface area contributed by atoms with Gasteiger partial charge in [-0.2, -0.15) is 11.8 Å². The first kappa shape index (κ1) is 13.3. The highest BCUT2D eigenvalue weighted by molar-refractivity contribution is 7.99. The molecule has 0 amide bonds. The van der Waals surface area contributed by atoms with E-state index in [-0.39, 0.29) is 0 Å². The van der Waals surface area contributed by atoms with Gasteiger partial charge in [-0.25, -0.2) is 0 Å². The van der Waals surface area contributed by atoms with Crippen molar-refractivity contribution in [3.8, 4) is 0 Å². The summed E-state index contributed by atoms with van der Waals surface area (Å²) < 4.78 is 5.58. The minimum Gasteiger partial charge on any atom is -0.380 e. The van der Waals surface area contributed by atoms with Gasteiger partial charge >= 0.3 is 0 Å². The van der Waals surface area contributed by atoms with Gasteiger partial charge in [0.1, 0.15) is 0 Å². The third-order valence-electron chi connectivity index (χ3n) is 2.91. The molecule has 1 saturated carbocycles. The lowest BCUT2D eigenvalue weighted by molar-refractivity contribution is 0.119. The van der Waals surface area contributed by atoms with Crippen LogP contribution in [0.25, 0.3) is 0 Å². The number of thioether (sulfide) groups is 1. The molecule has 15 heavy (non-hydrogen) atoms. The van der Waals surface area contributed by atoms with Gasteiger partial charge in [0.15, 0.2) is 0 Å². The maximum atomic E-state index is 5.58. The molecule has 1 unspecified atom stereocenters. The Morgan fingerprint density at radius 3 is 2.73 bits per heavy atom. The molecular weight excluding hydrogens is 206 g/mol. The standard InChI is InChI=1S/C12H25NOS/c1-3-8-14-9-11(13-2)10-15-12-6-4-5-7-12/h11-13H,3-10H2,1-2H3. The number of hydrogen-bond donors (Lipinski definition) is 1. The molecule has 1 atom stereocenters. The fourth-order valence-electron chi connectivity index (χ4n) is 1.89. The Morgan fingerprint density at radius 1 is 1.40 bits per heavy atom. The predicted molar refractivity (Wildman–Crippen MR) is 68.7 cm³/mol. The third kappa shape index (κ3) is 5.79. The van der Waals surface area contributed by atoms with Crippen molar-refractivity contribution in [2.75, 3.05) is 26.0 Å². The number of rotatable bonds is 8. The lowest BCUT2D eigenvalue weighted by Gasteiger charge is -2.18. The Morgan fingerprint density at radius 2 is 2.13 bits per heavy atom. The van der Waals surface area contributed by atoms with Gasteiger partial charge < -0.3 is 10.1 Å². The summed E-state index contributed by atoms with van der Waals surface area (Å²) in [5.74, 6) is 1.20. The molecule has 1 aliphatic carbocycles. The van der Waals surface area contributed by atoms with Crippen LogP contribution in [0.5, 0.6) is 0 Å². The van der Waals surface area contributed by atoms with Crippen molar-refractivity contribution in [1.82, 2.24) is 5.32 Å². The molecule has 0 heterocycles. The smallest absolute Gasteiger partial charge is 0.0627 e. The van der Waals surface area contributed by atoms with Crippen molar-refractivity contribution in [3.63, 3.8) is 0 Å². The van der Waals surface area contributed by atoms with Crippen LogP contribution in [0.4, 0.5) is 0 Å². The van der Waals surface area contributed by atoms with E-state index in [1.54, 1.807) is 0 Å². The number of ether oxygens (including phenoxy) is 1. The Labute approximate surface area is 98.5 Å². The summed E-state index contributed by atoms with van der Waals surface area (Å²) in [4.78, 5) is 0. The zero-order chi connectivity index (χ0) is 10.9. The van der Waals surface area contributed by atoms with E-state index in [0.717, 1.165) is 24.9 Å². The second-order valence-electron chi connectivity index (χ2n) is 4.30. The largest absolute Gasteiger partial charge is 0.380 e. The maximum Gasteiger partial charge on any atom is 0.0627 e. The van der Waals surface area contributed by atoms with Crippen molar-refractivity contribution in [2.45, 2.75) is 50.3 Å². The van der Waals surface area contributed by atoms with Crippen LogP contribution in [0.1, 0.15) is 39.0 Å². The fraction of sp³-hybridized carbons (Fsp3) is 1.00. The van der Waals surface area contributed by atoms with Crippen LogP contribution in [0, 0.1) is 0 Å². The second kappa shape index (κ2) is 8.43. The van der Waals surface area contributed by atoms with Gasteiger partial charge in [-0.3, -0.25) is 0 Å². The van der Waals surface area contributed by atoms with Gasteiger partial charge in [0.25, 0.3) is 0 Å². The van der Waals surface area contributed by atoms with E-state index in [4.69, 9.17) is 4.74 Å². The van der Waals surface area contributed by atoms with Crippen LogP contribution in [-0.2, 0) is 4.74 Å². The lowest BCUT2D eigenvalue weighted by atomic mass is 10.4. The SMILES string of the molecule is CCCOCC(CSC1CCCC1)NC. The molecule has 0 aromatic heterocycles. The Balaban J connectivity index is 2.04. The maximum absolute atomic E-state index is 5.58. The van der Waals surface area contributed by atoms with Crippen molar-refractivity contribution in [3.05, 3.63) is 0 Å². The van der Waals surface area contributed by atoms with Crippen molar-refractivity contribution >= 4 is 11.8 Å². The molecule has 0 aromatic carbocycles. The quantitative estimate of drug-likeness (QED) is 0.649. The van der Waals surface area contributed by atoms with Gasteiger partial charge in [-0.15, -0.1) is 0 Å². The van der Waals surface area contributed by atoms with E-state index in [1.165, 1.54) is 31.4 Å². The number of likely N-dealkylation sites (N-methyl/N-ethyl adjacent to an activating group) is 1. The van der Waals surface area contributed by atoms with Crippen LogP contribution in [0.2, 0.25) is 0 Å². The van der Waals surface area contributed by atoms with E-state index < -0.39 is 0 Å². The van der Waals surface area contributed by atoms with E-state index in [0.29, 0.717) is 6.04 Å². The molecular formula is C12H25NOS. The molecule has 0 aliphatic heterocycles. The first-order chi connectivity index (χ1) is 7.36. The summed E-state index contributed by atoms with van der Waals surface area (Å²) in [6.45, 7) is 3.91. The van der Waals surface area contributed by atoms with E-state index in [1.807, 2.05) is 7.05 Å². The third-order valence-corrected chi connectivity index (χ3v) is 4.45. The minimum absolute atomic E-state index is 0.530. The van der Waals surface area contributed by atoms with E-state index in [2.05, 4.69) is 24.0 Å². The molecule has 1 aliphatic rings. The molecule has 0 bridgehead atoms. The Bertz CT molecular complexity index is 149. The summed E-state index contributed by atoms with van der Waals surface area (Å²) in [6.07, 6.45) is 6.85. The van der Waals surface area contributed by atoms with Crippen molar-refractivity contribution in [2.24, 2.45) is 0 Å². The van der Waals surface area contributed by atoms with E-state index >= 15 is 0 Å². The van der Waals surface area contributed by atoms with Crippen LogP contribution in [-0.4, -0.2) is 37.3 Å². The average Bonchev–Trinajstić information content (AvgIpc) is 2.76. The summed E-state index contributed by atoms with van der Waals surface area (Å²) in [7, 11) is 2.04. The van der Waals surface area contributed by atoms with Gasteiger partial charge in [0.2, 0.25) is 0 Å². The van der Waals surface area contributed by atoms with Crippen LogP contribution in [0.15, 0.2) is 0 Å². The van der Waals surface area contributed by atoms with Crippen molar-refractivity contribution < 1.29 is 4.74 Å². The molecule has 0 radical (unpaired) electrons.